The topological polar surface area (TPSA) is 54.4 Å². The largest absolute Gasteiger partial charge is 0.289 e. The molecule has 2 rings (SSSR count). The van der Waals surface area contributed by atoms with Gasteiger partial charge < -0.3 is 0 Å². The molecule has 19 heavy (non-hydrogen) atoms. The summed E-state index contributed by atoms with van der Waals surface area (Å²) in [5.41, 5.74) is 3.82. The number of hydrazone groups is 1. The molecule has 0 saturated heterocycles. The first-order chi connectivity index (χ1) is 9.36. The molecule has 0 radical (unpaired) electrons. The molecule has 0 saturated carbocycles. The van der Waals surface area contributed by atoms with Crippen LogP contribution in [0.4, 0.5) is 0 Å². The minimum atomic E-state index is -0.329. The molecule has 1 heterocycles. The molecule has 0 aliphatic rings. The maximum absolute atomic E-state index is 11.6. The summed E-state index contributed by atoms with van der Waals surface area (Å²) >= 11 is 0. The lowest BCUT2D eigenvalue weighted by Gasteiger charge is -1.96. The number of hydrogen-bond acceptors (Lipinski definition) is 3. The zero-order valence-corrected chi connectivity index (χ0v) is 10.2. The van der Waals surface area contributed by atoms with Crippen LogP contribution in [0, 0.1) is 0 Å². The van der Waals surface area contributed by atoms with Crippen LogP contribution in [0.2, 0.25) is 0 Å². The van der Waals surface area contributed by atoms with Gasteiger partial charge in [0.25, 0.3) is 5.91 Å². The van der Waals surface area contributed by atoms with Gasteiger partial charge in [-0.05, 0) is 23.8 Å². The van der Waals surface area contributed by atoms with E-state index in [2.05, 4.69) is 15.5 Å². The van der Waals surface area contributed by atoms with E-state index in [1.807, 2.05) is 36.4 Å². The number of hydrogen-bond donors (Lipinski definition) is 1. The second-order valence-corrected chi connectivity index (χ2v) is 3.70. The molecular weight excluding hydrogens is 238 g/mol. The van der Waals surface area contributed by atoms with Crippen molar-refractivity contribution in [1.82, 2.24) is 10.4 Å². The van der Waals surface area contributed by atoms with E-state index >= 15 is 0 Å². The second kappa shape index (κ2) is 6.86. The molecule has 1 aromatic carbocycles. The van der Waals surface area contributed by atoms with E-state index in [0.717, 1.165) is 5.56 Å². The van der Waals surface area contributed by atoms with Crippen molar-refractivity contribution in [2.75, 3.05) is 0 Å². The quantitative estimate of drug-likeness (QED) is 0.670. The molecule has 1 N–H and O–H groups in total. The highest BCUT2D eigenvalue weighted by atomic mass is 16.2. The van der Waals surface area contributed by atoms with Crippen LogP contribution < -0.4 is 5.43 Å². The van der Waals surface area contributed by atoms with E-state index in [1.54, 1.807) is 30.5 Å². The molecule has 0 unspecified atom stereocenters. The van der Waals surface area contributed by atoms with Crippen molar-refractivity contribution < 1.29 is 4.79 Å². The summed E-state index contributed by atoms with van der Waals surface area (Å²) in [6.45, 7) is 0. The van der Waals surface area contributed by atoms with E-state index in [0.29, 0.717) is 5.69 Å². The molecule has 0 bridgehead atoms. The van der Waals surface area contributed by atoms with Gasteiger partial charge >= 0.3 is 0 Å². The van der Waals surface area contributed by atoms with Crippen LogP contribution >= 0.6 is 0 Å². The normalized spacial score (nSPS) is 10.9. The lowest BCUT2D eigenvalue weighted by molar-refractivity contribution is 0.0950. The zero-order valence-electron chi connectivity index (χ0n) is 10.2. The molecule has 4 heteroatoms. The van der Waals surface area contributed by atoms with E-state index in [9.17, 15) is 4.79 Å². The number of carbonyl (C=O) groups excluding carboxylic acids is 1. The van der Waals surface area contributed by atoms with E-state index < -0.39 is 0 Å². The van der Waals surface area contributed by atoms with E-state index in [4.69, 9.17) is 0 Å². The number of nitrogens with one attached hydrogen (secondary N) is 1. The Morgan fingerprint density at radius 1 is 1.11 bits per heavy atom. The average molecular weight is 251 g/mol. The third-order valence-corrected chi connectivity index (χ3v) is 2.31. The predicted molar refractivity (Wildman–Crippen MR) is 75.7 cm³/mol. The number of aromatic nitrogens is 1. The highest BCUT2D eigenvalue weighted by molar-refractivity contribution is 5.92. The Morgan fingerprint density at radius 2 is 1.89 bits per heavy atom. The highest BCUT2D eigenvalue weighted by Gasteiger charge is 2.02. The standard InChI is InChI=1S/C15H13N3O/c19-15(14-10-4-5-11-16-14)18-17-12-6-9-13-7-2-1-3-8-13/h1-12H,(H,18,19). The van der Waals surface area contributed by atoms with Gasteiger partial charge in [-0.15, -0.1) is 0 Å². The fourth-order valence-corrected chi connectivity index (χ4v) is 1.41. The summed E-state index contributed by atoms with van der Waals surface area (Å²) < 4.78 is 0. The van der Waals surface area contributed by atoms with Crippen LogP contribution in [-0.4, -0.2) is 17.1 Å². The number of rotatable bonds is 4. The van der Waals surface area contributed by atoms with Crippen LogP contribution in [0.1, 0.15) is 16.1 Å². The van der Waals surface area contributed by atoms with Crippen molar-refractivity contribution in [3.8, 4) is 0 Å². The van der Waals surface area contributed by atoms with Gasteiger partial charge in [-0.2, -0.15) is 5.10 Å². The monoisotopic (exact) mass is 251 g/mol. The number of benzene rings is 1. The Hall–Kier alpha value is -2.75. The molecule has 1 aromatic heterocycles. The minimum absolute atomic E-state index is 0.329. The second-order valence-electron chi connectivity index (χ2n) is 3.70. The summed E-state index contributed by atoms with van der Waals surface area (Å²) in [6.07, 6.45) is 6.74. The molecular formula is C15H13N3O. The Kier molecular flexibility index (Phi) is 4.58. The van der Waals surface area contributed by atoms with Crippen LogP contribution in [0.15, 0.2) is 65.9 Å². The number of carbonyl (C=O) groups is 1. The first-order valence-corrected chi connectivity index (χ1v) is 5.82. The average Bonchev–Trinajstić information content (AvgIpc) is 2.49. The predicted octanol–water partition coefficient (Wildman–Crippen LogP) is 2.51. The number of pyridine rings is 1. The van der Waals surface area contributed by atoms with Gasteiger partial charge in [-0.3, -0.25) is 9.78 Å². The van der Waals surface area contributed by atoms with E-state index in [1.165, 1.54) is 6.21 Å². The molecule has 1 amide bonds. The number of allylic oxidation sites excluding steroid dienone is 1. The van der Waals surface area contributed by atoms with Crippen molar-refractivity contribution >= 4 is 18.2 Å². The van der Waals surface area contributed by atoms with Crippen LogP contribution in [-0.2, 0) is 0 Å². The molecule has 0 spiro atoms. The summed E-state index contributed by atoms with van der Waals surface area (Å²) in [5, 5.41) is 3.81. The van der Waals surface area contributed by atoms with Gasteiger partial charge in [0, 0.05) is 12.4 Å². The first kappa shape index (κ1) is 12.7. The molecule has 2 aromatic rings. The van der Waals surface area contributed by atoms with Crippen LogP contribution in [0.25, 0.3) is 6.08 Å². The first-order valence-electron chi connectivity index (χ1n) is 5.82. The van der Waals surface area contributed by atoms with Crippen LogP contribution in [0.5, 0.6) is 0 Å². The van der Waals surface area contributed by atoms with Crippen molar-refractivity contribution in [3.63, 3.8) is 0 Å². The zero-order chi connectivity index (χ0) is 13.3. The molecule has 0 aliphatic carbocycles. The Balaban J connectivity index is 1.84. The van der Waals surface area contributed by atoms with Gasteiger partial charge in [0.1, 0.15) is 5.69 Å². The SMILES string of the molecule is O=C(NN=CC=Cc1ccccc1)c1ccccn1. The minimum Gasteiger partial charge on any atom is -0.266 e. The van der Waals surface area contributed by atoms with Gasteiger partial charge in [0.2, 0.25) is 0 Å². The highest BCUT2D eigenvalue weighted by Crippen LogP contribution is 1.99. The number of nitrogens with zero attached hydrogens (tertiary/aromatic N) is 2. The van der Waals surface area contributed by atoms with Crippen molar-refractivity contribution in [2.45, 2.75) is 0 Å². The smallest absolute Gasteiger partial charge is 0.266 e. The van der Waals surface area contributed by atoms with Crippen molar-refractivity contribution in [3.05, 3.63) is 72.1 Å². The lowest BCUT2D eigenvalue weighted by atomic mass is 10.2. The fraction of sp³-hybridized carbons (Fsp3) is 0. The third-order valence-electron chi connectivity index (χ3n) is 2.31. The maximum Gasteiger partial charge on any atom is 0.289 e. The maximum atomic E-state index is 11.6. The third kappa shape index (κ3) is 4.20. The molecule has 94 valence electrons. The summed E-state index contributed by atoms with van der Waals surface area (Å²) in [5.74, 6) is -0.329. The van der Waals surface area contributed by atoms with Crippen molar-refractivity contribution in [2.24, 2.45) is 5.10 Å². The molecule has 0 fully saturated rings. The lowest BCUT2D eigenvalue weighted by Crippen LogP contribution is -2.18. The van der Waals surface area contributed by atoms with Crippen molar-refractivity contribution in [1.29, 1.82) is 0 Å². The van der Waals surface area contributed by atoms with Gasteiger partial charge in [-0.1, -0.05) is 42.5 Å². The summed E-state index contributed by atoms with van der Waals surface area (Å²) in [4.78, 5) is 15.5. The summed E-state index contributed by atoms with van der Waals surface area (Å²) in [7, 11) is 0. The van der Waals surface area contributed by atoms with Gasteiger partial charge in [-0.25, -0.2) is 5.43 Å². The van der Waals surface area contributed by atoms with Crippen LogP contribution in [0.3, 0.4) is 0 Å². The van der Waals surface area contributed by atoms with Gasteiger partial charge in [0.15, 0.2) is 0 Å². The molecule has 0 aliphatic heterocycles. The van der Waals surface area contributed by atoms with E-state index in [-0.39, 0.29) is 5.91 Å². The summed E-state index contributed by atoms with van der Waals surface area (Å²) in [6, 6.07) is 15.0. The molecule has 0 atom stereocenters. The fourth-order valence-electron chi connectivity index (χ4n) is 1.41. The molecule has 4 nitrogen and oxygen atoms in total. The Bertz CT molecular complexity index is 577. The number of amides is 1. The van der Waals surface area contributed by atoms with Gasteiger partial charge in [0.05, 0.1) is 0 Å². The Labute approximate surface area is 111 Å². The Morgan fingerprint density at radius 3 is 2.63 bits per heavy atom.